The summed E-state index contributed by atoms with van der Waals surface area (Å²) in [5, 5.41) is 21.1. The van der Waals surface area contributed by atoms with Crippen LogP contribution in [0.15, 0.2) is 55.1 Å². The van der Waals surface area contributed by atoms with Crippen LogP contribution in [-0.4, -0.2) is 35.3 Å². The van der Waals surface area contributed by atoms with Crippen LogP contribution in [0.25, 0.3) is 0 Å². The quantitative estimate of drug-likeness (QED) is 0.471. The zero-order valence-corrected chi connectivity index (χ0v) is 14.0. The maximum Gasteiger partial charge on any atom is 0.307 e. The number of ether oxygens (including phenoxy) is 2. The van der Waals surface area contributed by atoms with E-state index >= 15 is 0 Å². The Balaban J connectivity index is 1.99. The van der Waals surface area contributed by atoms with Crippen molar-refractivity contribution < 1.29 is 29.3 Å². The van der Waals surface area contributed by atoms with Gasteiger partial charge in [-0.3, -0.25) is 9.59 Å². The van der Waals surface area contributed by atoms with Crippen LogP contribution in [0.3, 0.4) is 0 Å². The van der Waals surface area contributed by atoms with Crippen molar-refractivity contribution >= 4 is 17.6 Å². The number of hydrogen-bond donors (Lipinski definition) is 3. The number of para-hydroxylation sites is 2. The van der Waals surface area contributed by atoms with Crippen molar-refractivity contribution in [1.82, 2.24) is 0 Å². The van der Waals surface area contributed by atoms with Gasteiger partial charge in [-0.15, -0.1) is 0 Å². The number of anilines is 1. The number of benzene rings is 2. The highest BCUT2D eigenvalue weighted by Gasteiger charge is 2.11. The molecule has 0 heterocycles. The lowest BCUT2D eigenvalue weighted by atomic mass is 10.1. The van der Waals surface area contributed by atoms with Crippen molar-refractivity contribution in [3.05, 3.63) is 60.7 Å². The van der Waals surface area contributed by atoms with Gasteiger partial charge in [-0.25, -0.2) is 0 Å². The van der Waals surface area contributed by atoms with Gasteiger partial charge in [0.1, 0.15) is 12.4 Å². The molecule has 26 heavy (non-hydrogen) atoms. The zero-order chi connectivity index (χ0) is 18.9. The molecule has 2 aromatic carbocycles. The number of carbonyl (C=O) groups is 2. The molecule has 0 radical (unpaired) electrons. The molecule has 1 amide bonds. The predicted octanol–water partition coefficient (Wildman–Crippen LogP) is 2.60. The van der Waals surface area contributed by atoms with E-state index in [2.05, 4.69) is 11.9 Å². The number of aromatic hydroxyl groups is 1. The fourth-order valence-corrected chi connectivity index (χ4v) is 2.13. The van der Waals surface area contributed by atoms with Crippen LogP contribution in [0.5, 0.6) is 17.2 Å². The lowest BCUT2D eigenvalue weighted by molar-refractivity contribution is -0.136. The molecule has 0 atom stereocenters. The fraction of sp³-hybridized carbons (Fsp3) is 0.158. The lowest BCUT2D eigenvalue weighted by Gasteiger charge is -2.12. The van der Waals surface area contributed by atoms with E-state index in [0.717, 1.165) is 0 Å². The van der Waals surface area contributed by atoms with Gasteiger partial charge in [0.2, 0.25) is 0 Å². The second-order valence-corrected chi connectivity index (χ2v) is 5.31. The number of rotatable bonds is 9. The third-order valence-electron chi connectivity index (χ3n) is 3.26. The summed E-state index contributed by atoms with van der Waals surface area (Å²) < 4.78 is 10.9. The minimum atomic E-state index is -1.01. The van der Waals surface area contributed by atoms with Crippen molar-refractivity contribution in [1.29, 1.82) is 0 Å². The summed E-state index contributed by atoms with van der Waals surface area (Å²) in [5.74, 6) is -0.805. The van der Waals surface area contributed by atoms with Crippen LogP contribution >= 0.6 is 0 Å². The molecule has 0 bridgehead atoms. The van der Waals surface area contributed by atoms with Crippen LogP contribution < -0.4 is 14.8 Å². The first-order valence-corrected chi connectivity index (χ1v) is 7.78. The Labute approximate surface area is 150 Å². The van der Waals surface area contributed by atoms with Crippen molar-refractivity contribution in [3.8, 4) is 17.2 Å². The predicted molar refractivity (Wildman–Crippen MR) is 95.7 cm³/mol. The van der Waals surface area contributed by atoms with E-state index in [1.807, 2.05) is 0 Å². The second kappa shape index (κ2) is 9.12. The molecule has 0 aliphatic heterocycles. The summed E-state index contributed by atoms with van der Waals surface area (Å²) in [6.45, 7) is 3.56. The van der Waals surface area contributed by atoms with Gasteiger partial charge >= 0.3 is 5.97 Å². The molecule has 136 valence electrons. The molecule has 7 nitrogen and oxygen atoms in total. The van der Waals surface area contributed by atoms with E-state index in [1.165, 1.54) is 18.2 Å². The highest BCUT2D eigenvalue weighted by molar-refractivity contribution is 5.93. The van der Waals surface area contributed by atoms with Gasteiger partial charge in [0.05, 0.1) is 12.1 Å². The Morgan fingerprint density at radius 1 is 1.12 bits per heavy atom. The highest BCUT2D eigenvalue weighted by atomic mass is 16.5. The summed E-state index contributed by atoms with van der Waals surface area (Å²) in [6.07, 6.45) is 1.38. The maximum atomic E-state index is 12.1. The average molecular weight is 357 g/mol. The Morgan fingerprint density at radius 3 is 2.46 bits per heavy atom. The number of carbonyl (C=O) groups excluding carboxylic acids is 1. The first-order valence-electron chi connectivity index (χ1n) is 7.78. The first-order chi connectivity index (χ1) is 12.5. The number of carboxylic acids is 1. The van der Waals surface area contributed by atoms with Gasteiger partial charge in [-0.05, 0) is 29.8 Å². The largest absolute Gasteiger partial charge is 0.506 e. The SMILES string of the molecule is C=CCOc1ccccc1OCC(=O)Nc1cc(CC(=O)O)ccc1O. The number of aliphatic carboxylic acids is 1. The molecule has 0 spiro atoms. The molecule has 2 rings (SSSR count). The van der Waals surface area contributed by atoms with Crippen LogP contribution in [0, 0.1) is 0 Å². The van der Waals surface area contributed by atoms with Crippen molar-refractivity contribution in [2.45, 2.75) is 6.42 Å². The van der Waals surface area contributed by atoms with Gasteiger partial charge in [0.25, 0.3) is 5.91 Å². The Hall–Kier alpha value is -3.48. The number of phenols is 1. The molecule has 0 aliphatic rings. The van der Waals surface area contributed by atoms with Crippen LogP contribution in [0.1, 0.15) is 5.56 Å². The molecule has 2 aromatic rings. The van der Waals surface area contributed by atoms with E-state index in [1.54, 1.807) is 30.3 Å². The van der Waals surface area contributed by atoms with E-state index < -0.39 is 11.9 Å². The van der Waals surface area contributed by atoms with E-state index in [-0.39, 0.29) is 24.5 Å². The Bertz CT molecular complexity index is 802. The summed E-state index contributed by atoms with van der Waals surface area (Å²) in [7, 11) is 0. The van der Waals surface area contributed by atoms with Crippen molar-refractivity contribution in [3.63, 3.8) is 0 Å². The number of phenolic OH excluding ortho intramolecular Hbond substituents is 1. The molecule has 7 heteroatoms. The Kier molecular flexibility index (Phi) is 6.61. The monoisotopic (exact) mass is 357 g/mol. The molecule has 3 N–H and O–H groups in total. The fourth-order valence-electron chi connectivity index (χ4n) is 2.13. The molecule has 0 unspecified atom stereocenters. The zero-order valence-electron chi connectivity index (χ0n) is 14.0. The first kappa shape index (κ1) is 18.9. The van der Waals surface area contributed by atoms with Crippen molar-refractivity contribution in [2.75, 3.05) is 18.5 Å². The van der Waals surface area contributed by atoms with Crippen LogP contribution in [-0.2, 0) is 16.0 Å². The van der Waals surface area contributed by atoms with Gasteiger partial charge < -0.3 is 25.0 Å². The minimum Gasteiger partial charge on any atom is -0.506 e. The number of hydrogen-bond acceptors (Lipinski definition) is 5. The third kappa shape index (κ3) is 5.55. The molecule has 0 fully saturated rings. The topological polar surface area (TPSA) is 105 Å². The molecule has 0 saturated heterocycles. The normalized spacial score (nSPS) is 10.0. The number of carboxylic acid groups (broad SMARTS) is 1. The standard InChI is InChI=1S/C19H19NO6/c1-2-9-25-16-5-3-4-6-17(16)26-12-18(22)20-14-10-13(11-19(23)24)7-8-15(14)21/h2-8,10,21H,1,9,11-12H2,(H,20,22)(H,23,24). The lowest BCUT2D eigenvalue weighted by Crippen LogP contribution is -2.20. The van der Waals surface area contributed by atoms with E-state index in [9.17, 15) is 14.7 Å². The molecular weight excluding hydrogens is 338 g/mol. The van der Waals surface area contributed by atoms with Gasteiger partial charge in [0.15, 0.2) is 18.1 Å². The van der Waals surface area contributed by atoms with Crippen LogP contribution in [0.2, 0.25) is 0 Å². The molecule has 0 aliphatic carbocycles. The Morgan fingerprint density at radius 2 is 1.81 bits per heavy atom. The second-order valence-electron chi connectivity index (χ2n) is 5.31. The smallest absolute Gasteiger partial charge is 0.307 e. The van der Waals surface area contributed by atoms with E-state index in [0.29, 0.717) is 23.7 Å². The summed E-state index contributed by atoms with van der Waals surface area (Å²) in [6, 6.07) is 11.1. The number of amides is 1. The third-order valence-corrected chi connectivity index (χ3v) is 3.26. The molecular formula is C19H19NO6. The highest BCUT2D eigenvalue weighted by Crippen LogP contribution is 2.27. The summed E-state index contributed by atoms with van der Waals surface area (Å²) in [4.78, 5) is 22.8. The summed E-state index contributed by atoms with van der Waals surface area (Å²) in [5.41, 5.74) is 0.572. The summed E-state index contributed by atoms with van der Waals surface area (Å²) >= 11 is 0. The minimum absolute atomic E-state index is 0.119. The van der Waals surface area contributed by atoms with Crippen LogP contribution in [0.4, 0.5) is 5.69 Å². The maximum absolute atomic E-state index is 12.1. The van der Waals surface area contributed by atoms with E-state index in [4.69, 9.17) is 14.6 Å². The van der Waals surface area contributed by atoms with Gasteiger partial charge in [-0.1, -0.05) is 30.9 Å². The van der Waals surface area contributed by atoms with Gasteiger partial charge in [-0.2, -0.15) is 0 Å². The molecule has 0 saturated carbocycles. The molecule has 0 aromatic heterocycles. The number of nitrogens with one attached hydrogen (secondary N) is 1. The average Bonchev–Trinajstić information content (AvgIpc) is 2.61. The van der Waals surface area contributed by atoms with Crippen molar-refractivity contribution in [2.24, 2.45) is 0 Å². The van der Waals surface area contributed by atoms with Gasteiger partial charge in [0, 0.05) is 0 Å².